The normalized spacial score (nSPS) is 12.6. The summed E-state index contributed by atoms with van der Waals surface area (Å²) in [4.78, 5) is 0. The second-order valence-corrected chi connectivity index (χ2v) is 12.7. The number of rotatable bonds is 2. The van der Waals surface area contributed by atoms with Gasteiger partial charge in [-0.2, -0.15) is 0 Å². The van der Waals surface area contributed by atoms with Gasteiger partial charge in [0.05, 0.1) is 0 Å². The van der Waals surface area contributed by atoms with E-state index in [1.54, 1.807) is 0 Å². The highest BCUT2D eigenvalue weighted by atomic mass is 16.3. The van der Waals surface area contributed by atoms with Crippen LogP contribution in [0.25, 0.3) is 121 Å². The van der Waals surface area contributed by atoms with E-state index in [-0.39, 0.29) is 0 Å². The van der Waals surface area contributed by atoms with Crippen LogP contribution in [0.15, 0.2) is 151 Å². The van der Waals surface area contributed by atoms with Crippen molar-refractivity contribution in [3.8, 4) is 33.4 Å². The van der Waals surface area contributed by atoms with E-state index in [2.05, 4.69) is 109 Å². The van der Waals surface area contributed by atoms with Crippen molar-refractivity contribution in [2.24, 2.45) is 0 Å². The Morgan fingerprint density at radius 2 is 0.688 bits per heavy atom. The fourth-order valence-electron chi connectivity index (χ4n) is 8.25. The summed E-state index contributed by atoms with van der Waals surface area (Å²) in [7, 11) is 0. The standard InChI is InChI=1S/C44H22O4/c1-3-13-33-25(7-1)31-11-5-9-29(43(31)47-33)23-15-19-35-39-27(23)17-21-37-41(39)42-38(45-35)22-18-28-24(16-20-36(46-37)40(28)42)30-10-6-12-32-26-8-2-4-14-34(26)48-44(30)32/h1-22H. The van der Waals surface area contributed by atoms with Crippen LogP contribution in [0.5, 0.6) is 0 Å². The average molecular weight is 615 g/mol. The van der Waals surface area contributed by atoms with Gasteiger partial charge in [0, 0.05) is 54.6 Å². The highest BCUT2D eigenvalue weighted by Crippen LogP contribution is 2.51. The number of furan rings is 2. The second-order valence-electron chi connectivity index (χ2n) is 12.7. The SMILES string of the molecule is c1ccc2c(c1)oc1c(-c3ccc4oc5ccc6c(-c7cccc8c7oc7ccccc78)ccc7oc8ccc3c4c8-c5c76)cccc12. The Hall–Kier alpha value is -6.52. The van der Waals surface area contributed by atoms with Crippen LogP contribution in [0, 0.1) is 0 Å². The largest absolute Gasteiger partial charge is 0.456 e. The van der Waals surface area contributed by atoms with Gasteiger partial charge >= 0.3 is 0 Å². The van der Waals surface area contributed by atoms with Crippen LogP contribution in [0.2, 0.25) is 0 Å². The van der Waals surface area contributed by atoms with Gasteiger partial charge in [-0.25, -0.2) is 0 Å². The molecule has 4 heteroatoms. The van der Waals surface area contributed by atoms with Crippen LogP contribution >= 0.6 is 0 Å². The van der Waals surface area contributed by atoms with Crippen LogP contribution in [0.1, 0.15) is 0 Å². The Kier molecular flexibility index (Phi) is 4.44. The monoisotopic (exact) mass is 614 g/mol. The number of fused-ring (bicyclic) bond motifs is 6. The van der Waals surface area contributed by atoms with Crippen molar-refractivity contribution < 1.29 is 17.7 Å². The minimum Gasteiger partial charge on any atom is -0.456 e. The summed E-state index contributed by atoms with van der Waals surface area (Å²) in [5.41, 5.74) is 13.3. The molecule has 10 aromatic rings. The number of para-hydroxylation sites is 4. The van der Waals surface area contributed by atoms with Crippen LogP contribution < -0.4 is 0 Å². The lowest BCUT2D eigenvalue weighted by Crippen LogP contribution is -1.96. The van der Waals surface area contributed by atoms with Crippen molar-refractivity contribution in [2.75, 3.05) is 0 Å². The third kappa shape index (κ3) is 3.00. The molecule has 2 aliphatic heterocycles. The molecule has 4 heterocycles. The van der Waals surface area contributed by atoms with Crippen molar-refractivity contribution >= 4 is 87.8 Å². The number of hydrogen-bond acceptors (Lipinski definition) is 4. The summed E-state index contributed by atoms with van der Waals surface area (Å²) in [6.07, 6.45) is 0. The maximum atomic E-state index is 6.72. The first kappa shape index (κ1) is 24.7. The molecule has 0 spiro atoms. The maximum absolute atomic E-state index is 6.72. The van der Waals surface area contributed by atoms with Crippen molar-refractivity contribution in [1.29, 1.82) is 0 Å². The molecule has 0 aliphatic carbocycles. The molecule has 8 aromatic carbocycles. The van der Waals surface area contributed by atoms with Gasteiger partial charge in [-0.1, -0.05) is 72.8 Å². The van der Waals surface area contributed by atoms with Crippen LogP contribution in [-0.2, 0) is 0 Å². The molecule has 4 nitrogen and oxygen atoms in total. The quantitative estimate of drug-likeness (QED) is 0.144. The first-order chi connectivity index (χ1) is 23.8. The maximum Gasteiger partial charge on any atom is 0.143 e. The molecule has 0 atom stereocenters. The highest BCUT2D eigenvalue weighted by Gasteiger charge is 2.27. The lowest BCUT2D eigenvalue weighted by molar-refractivity contribution is 0.646. The molecular formula is C44H22O4. The number of benzene rings is 8. The summed E-state index contributed by atoms with van der Waals surface area (Å²) in [6.45, 7) is 0. The van der Waals surface area contributed by atoms with Crippen LogP contribution in [0.3, 0.4) is 0 Å². The summed E-state index contributed by atoms with van der Waals surface area (Å²) in [5, 5.41) is 8.74. The van der Waals surface area contributed by atoms with E-state index in [9.17, 15) is 0 Å². The van der Waals surface area contributed by atoms with E-state index in [4.69, 9.17) is 17.7 Å². The topological polar surface area (TPSA) is 52.6 Å². The van der Waals surface area contributed by atoms with Gasteiger partial charge in [0.15, 0.2) is 0 Å². The third-order valence-corrected chi connectivity index (χ3v) is 10.3. The smallest absolute Gasteiger partial charge is 0.143 e. The molecule has 0 amide bonds. The van der Waals surface area contributed by atoms with Crippen molar-refractivity contribution in [1.82, 2.24) is 0 Å². The molecule has 12 rings (SSSR count). The van der Waals surface area contributed by atoms with Gasteiger partial charge in [-0.05, 0) is 82.6 Å². The molecular weight excluding hydrogens is 592 g/mol. The highest BCUT2D eigenvalue weighted by molar-refractivity contribution is 6.27. The van der Waals surface area contributed by atoms with E-state index < -0.39 is 0 Å². The van der Waals surface area contributed by atoms with E-state index in [1.807, 2.05) is 24.3 Å². The Morgan fingerprint density at radius 3 is 1.19 bits per heavy atom. The Bertz CT molecular complexity index is 3010. The summed E-state index contributed by atoms with van der Waals surface area (Å²) in [6, 6.07) is 46.2. The zero-order valence-corrected chi connectivity index (χ0v) is 25.3. The van der Waals surface area contributed by atoms with Gasteiger partial charge in [0.2, 0.25) is 0 Å². The summed E-state index contributed by atoms with van der Waals surface area (Å²) in [5.74, 6) is 0. The Morgan fingerprint density at radius 1 is 0.250 bits per heavy atom. The molecule has 222 valence electrons. The molecule has 2 aliphatic rings. The third-order valence-electron chi connectivity index (χ3n) is 10.3. The van der Waals surface area contributed by atoms with Crippen molar-refractivity contribution in [3.05, 3.63) is 133 Å². The molecule has 0 saturated carbocycles. The van der Waals surface area contributed by atoms with E-state index in [0.29, 0.717) is 0 Å². The van der Waals surface area contributed by atoms with Crippen LogP contribution in [0.4, 0.5) is 0 Å². The number of hydrogen-bond donors (Lipinski definition) is 0. The van der Waals surface area contributed by atoms with Gasteiger partial charge in [0.25, 0.3) is 0 Å². The molecule has 0 unspecified atom stereocenters. The fourth-order valence-corrected chi connectivity index (χ4v) is 8.25. The first-order valence-electron chi connectivity index (χ1n) is 16.2. The molecule has 0 N–H and O–H groups in total. The minimum atomic E-state index is 0.824. The predicted molar refractivity (Wildman–Crippen MR) is 194 cm³/mol. The zero-order valence-electron chi connectivity index (χ0n) is 25.3. The summed E-state index contributed by atoms with van der Waals surface area (Å²) < 4.78 is 26.4. The predicted octanol–water partition coefficient (Wildman–Crippen LogP) is 13.2. The summed E-state index contributed by atoms with van der Waals surface area (Å²) >= 11 is 0. The fraction of sp³-hybridized carbons (Fsp3) is 0. The van der Waals surface area contributed by atoms with E-state index >= 15 is 0 Å². The van der Waals surface area contributed by atoms with Crippen LogP contribution in [-0.4, -0.2) is 0 Å². The minimum absolute atomic E-state index is 0.824. The van der Waals surface area contributed by atoms with Crippen molar-refractivity contribution in [3.63, 3.8) is 0 Å². The lowest BCUT2D eigenvalue weighted by Gasteiger charge is -2.21. The first-order valence-corrected chi connectivity index (χ1v) is 16.2. The Balaban J connectivity index is 1.16. The average Bonchev–Trinajstić information content (AvgIpc) is 3.71. The zero-order chi connectivity index (χ0) is 31.1. The van der Waals surface area contributed by atoms with E-state index in [0.717, 1.165) is 121 Å². The van der Waals surface area contributed by atoms with Gasteiger partial charge < -0.3 is 17.7 Å². The van der Waals surface area contributed by atoms with Crippen molar-refractivity contribution in [2.45, 2.75) is 0 Å². The molecule has 0 radical (unpaired) electrons. The Labute approximate surface area is 271 Å². The van der Waals surface area contributed by atoms with Gasteiger partial charge in [-0.3, -0.25) is 0 Å². The molecule has 0 bridgehead atoms. The molecule has 48 heavy (non-hydrogen) atoms. The second kappa shape index (κ2) is 8.64. The molecule has 0 fully saturated rings. The van der Waals surface area contributed by atoms with E-state index in [1.165, 1.54) is 0 Å². The molecule has 0 saturated heterocycles. The lowest BCUT2D eigenvalue weighted by atomic mass is 9.86. The van der Waals surface area contributed by atoms with Gasteiger partial charge in [0.1, 0.15) is 44.7 Å². The van der Waals surface area contributed by atoms with Gasteiger partial charge in [-0.15, -0.1) is 0 Å². The molecule has 2 aromatic heterocycles.